The lowest BCUT2D eigenvalue weighted by atomic mass is 9.89. The number of nitrogens with one attached hydrogen (secondary N) is 2. The van der Waals surface area contributed by atoms with Gasteiger partial charge in [-0.05, 0) is 43.0 Å². The van der Waals surface area contributed by atoms with Gasteiger partial charge in [-0.3, -0.25) is 24.2 Å². The molecule has 2 N–H and O–H groups in total. The molecule has 0 aromatic heterocycles. The van der Waals surface area contributed by atoms with Gasteiger partial charge in [-0.15, -0.1) is 0 Å². The van der Waals surface area contributed by atoms with Crippen LogP contribution < -0.4 is 10.6 Å². The Hall–Kier alpha value is -3.71. The smallest absolute Gasteiger partial charge is 0.278 e. The maximum absolute atomic E-state index is 13.0. The van der Waals surface area contributed by atoms with Gasteiger partial charge in [-0.1, -0.05) is 49.0 Å². The molecule has 0 saturated carbocycles. The van der Waals surface area contributed by atoms with Crippen LogP contribution in [0, 0.1) is 0 Å². The second-order valence-electron chi connectivity index (χ2n) is 9.21. The molecule has 7 heteroatoms. The third-order valence-corrected chi connectivity index (χ3v) is 6.96. The molecule has 0 radical (unpaired) electrons. The molecule has 2 unspecified atom stereocenters. The first-order valence-electron chi connectivity index (χ1n) is 11.6. The summed E-state index contributed by atoms with van der Waals surface area (Å²) in [5.41, 5.74) is 4.03. The van der Waals surface area contributed by atoms with E-state index in [-0.39, 0.29) is 17.6 Å². The Bertz CT molecular complexity index is 1180. The average Bonchev–Trinajstić information content (AvgIpc) is 3.06. The lowest BCUT2D eigenvalue weighted by Crippen LogP contribution is -2.52. The first kappa shape index (κ1) is 22.1. The molecule has 3 aliphatic rings. The van der Waals surface area contributed by atoms with Gasteiger partial charge >= 0.3 is 0 Å². The van der Waals surface area contributed by atoms with Gasteiger partial charge < -0.3 is 10.6 Å². The van der Waals surface area contributed by atoms with Gasteiger partial charge in [0.2, 0.25) is 5.91 Å². The number of hydrogen-bond acceptors (Lipinski definition) is 5. The number of benzene rings is 2. The van der Waals surface area contributed by atoms with Crippen LogP contribution in [0.5, 0.6) is 0 Å². The Morgan fingerprint density at radius 3 is 2.56 bits per heavy atom. The van der Waals surface area contributed by atoms with Crippen molar-refractivity contribution in [3.63, 3.8) is 0 Å². The van der Waals surface area contributed by atoms with Gasteiger partial charge in [0.15, 0.2) is 0 Å². The van der Waals surface area contributed by atoms with Gasteiger partial charge in [0.25, 0.3) is 11.8 Å². The quantitative estimate of drug-likeness (QED) is 0.652. The van der Waals surface area contributed by atoms with E-state index in [0.717, 1.165) is 29.2 Å². The number of rotatable bonds is 6. The van der Waals surface area contributed by atoms with Crippen molar-refractivity contribution in [1.82, 2.24) is 15.1 Å². The molecule has 2 aromatic rings. The highest BCUT2D eigenvalue weighted by Gasteiger charge is 2.41. The molecule has 7 nitrogen and oxygen atoms in total. The fourth-order valence-electron chi connectivity index (χ4n) is 4.89. The molecule has 2 fully saturated rings. The molecule has 2 atom stereocenters. The van der Waals surface area contributed by atoms with E-state index < -0.39 is 17.9 Å². The van der Waals surface area contributed by atoms with Gasteiger partial charge in [-0.2, -0.15) is 0 Å². The summed E-state index contributed by atoms with van der Waals surface area (Å²) < 4.78 is 0. The molecule has 174 valence electrons. The zero-order valence-electron chi connectivity index (χ0n) is 19.2. The Morgan fingerprint density at radius 2 is 1.82 bits per heavy atom. The summed E-state index contributed by atoms with van der Waals surface area (Å²) in [6.45, 7) is 7.94. The summed E-state index contributed by atoms with van der Waals surface area (Å²) in [6, 6.07) is 17.9. The monoisotopic (exact) mass is 456 g/mol. The SMILES string of the molecule is C=C1CCC(N2C(=O)C=C(Nc3cccc(C(C)N4CC(c5ccccc5)C4)c3)C2=O)C(=O)N1. The highest BCUT2D eigenvalue weighted by molar-refractivity contribution is 6.19. The lowest BCUT2D eigenvalue weighted by Gasteiger charge is -2.43. The van der Waals surface area contributed by atoms with Crippen LogP contribution in [-0.2, 0) is 14.4 Å². The molecule has 2 aromatic carbocycles. The van der Waals surface area contributed by atoms with Crippen molar-refractivity contribution in [2.45, 2.75) is 37.8 Å². The highest BCUT2D eigenvalue weighted by Crippen LogP contribution is 2.35. The van der Waals surface area contributed by atoms with E-state index in [2.05, 4.69) is 59.4 Å². The van der Waals surface area contributed by atoms with Crippen molar-refractivity contribution < 1.29 is 14.4 Å². The minimum Gasteiger partial charge on any atom is -0.351 e. The second kappa shape index (κ2) is 8.91. The topological polar surface area (TPSA) is 81.8 Å². The van der Waals surface area contributed by atoms with Crippen LogP contribution in [0.15, 0.2) is 78.6 Å². The number of nitrogens with zero attached hydrogens (tertiary/aromatic N) is 2. The first-order chi connectivity index (χ1) is 16.4. The van der Waals surface area contributed by atoms with Crippen LogP contribution in [0.4, 0.5) is 5.69 Å². The number of likely N-dealkylation sites (tertiary alicyclic amines) is 1. The number of amides is 3. The van der Waals surface area contributed by atoms with Crippen LogP contribution in [-0.4, -0.2) is 46.7 Å². The number of piperidine rings is 1. The predicted molar refractivity (Wildman–Crippen MR) is 129 cm³/mol. The van der Waals surface area contributed by atoms with E-state index in [1.54, 1.807) is 0 Å². The van der Waals surface area contributed by atoms with Crippen LogP contribution in [0.2, 0.25) is 0 Å². The third-order valence-electron chi connectivity index (χ3n) is 6.96. The van der Waals surface area contributed by atoms with E-state index in [4.69, 9.17) is 0 Å². The summed E-state index contributed by atoms with van der Waals surface area (Å²) in [7, 11) is 0. The number of imide groups is 1. The fourth-order valence-corrected chi connectivity index (χ4v) is 4.89. The Labute approximate surface area is 199 Å². The van der Waals surface area contributed by atoms with Crippen molar-refractivity contribution in [2.24, 2.45) is 0 Å². The molecule has 0 aliphatic carbocycles. The molecule has 3 heterocycles. The molecular formula is C27H28N4O3. The Kier molecular flexibility index (Phi) is 5.79. The minimum absolute atomic E-state index is 0.181. The van der Waals surface area contributed by atoms with E-state index in [1.165, 1.54) is 11.6 Å². The Balaban J connectivity index is 1.23. The van der Waals surface area contributed by atoms with Crippen molar-refractivity contribution in [3.05, 3.63) is 89.8 Å². The van der Waals surface area contributed by atoms with E-state index >= 15 is 0 Å². The number of allylic oxidation sites excluding steroid dienone is 1. The van der Waals surface area contributed by atoms with Crippen LogP contribution in [0.3, 0.4) is 0 Å². The van der Waals surface area contributed by atoms with Gasteiger partial charge in [0.05, 0.1) is 0 Å². The molecule has 3 aliphatic heterocycles. The zero-order chi connectivity index (χ0) is 23.8. The standard InChI is InChI=1S/C27H28N4O3/c1-17-11-12-24(26(33)28-17)31-25(32)14-23(27(31)34)29-22-10-6-9-20(13-22)18(2)30-15-21(16-30)19-7-4-3-5-8-19/h3-10,13-14,18,21,24,29H,1,11-12,15-16H2,2H3,(H,28,33). The zero-order valence-corrected chi connectivity index (χ0v) is 19.2. The molecule has 0 spiro atoms. The normalized spacial score (nSPS) is 22.3. The Morgan fingerprint density at radius 1 is 1.06 bits per heavy atom. The van der Waals surface area contributed by atoms with E-state index in [1.807, 2.05) is 24.3 Å². The molecule has 3 amide bonds. The summed E-state index contributed by atoms with van der Waals surface area (Å²) in [5, 5.41) is 5.74. The largest absolute Gasteiger partial charge is 0.351 e. The van der Waals surface area contributed by atoms with Gasteiger partial charge in [0.1, 0.15) is 11.7 Å². The number of hydrogen-bond donors (Lipinski definition) is 2. The number of carbonyl (C=O) groups is 3. The maximum Gasteiger partial charge on any atom is 0.278 e. The summed E-state index contributed by atoms with van der Waals surface area (Å²) in [5.74, 6) is -0.772. The van der Waals surface area contributed by atoms with Crippen molar-refractivity contribution in [3.8, 4) is 0 Å². The van der Waals surface area contributed by atoms with Crippen molar-refractivity contribution in [2.75, 3.05) is 18.4 Å². The molecule has 0 bridgehead atoms. The molecule has 2 saturated heterocycles. The molecular weight excluding hydrogens is 428 g/mol. The third kappa shape index (κ3) is 4.15. The van der Waals surface area contributed by atoms with Crippen LogP contribution >= 0.6 is 0 Å². The second-order valence-corrected chi connectivity index (χ2v) is 9.21. The van der Waals surface area contributed by atoms with Crippen molar-refractivity contribution >= 4 is 23.4 Å². The number of anilines is 1. The minimum atomic E-state index is -0.809. The van der Waals surface area contributed by atoms with Crippen LogP contribution in [0.25, 0.3) is 0 Å². The highest BCUT2D eigenvalue weighted by atomic mass is 16.2. The molecule has 34 heavy (non-hydrogen) atoms. The van der Waals surface area contributed by atoms with E-state index in [0.29, 0.717) is 24.5 Å². The van der Waals surface area contributed by atoms with Gasteiger partial charge in [0, 0.05) is 42.5 Å². The average molecular weight is 457 g/mol. The molecule has 5 rings (SSSR count). The summed E-state index contributed by atoms with van der Waals surface area (Å²) in [4.78, 5) is 41.3. The van der Waals surface area contributed by atoms with Gasteiger partial charge in [-0.25, -0.2) is 0 Å². The summed E-state index contributed by atoms with van der Waals surface area (Å²) >= 11 is 0. The van der Waals surface area contributed by atoms with E-state index in [9.17, 15) is 14.4 Å². The van der Waals surface area contributed by atoms with Crippen molar-refractivity contribution in [1.29, 1.82) is 0 Å². The first-order valence-corrected chi connectivity index (χ1v) is 11.6. The lowest BCUT2D eigenvalue weighted by molar-refractivity contribution is -0.146. The summed E-state index contributed by atoms with van der Waals surface area (Å²) in [6.07, 6.45) is 2.20. The number of carbonyl (C=O) groups excluding carboxylic acids is 3. The fraction of sp³-hybridized carbons (Fsp3) is 0.296. The predicted octanol–water partition coefficient (Wildman–Crippen LogP) is 3.30. The van der Waals surface area contributed by atoms with Crippen LogP contribution in [0.1, 0.15) is 42.9 Å². The maximum atomic E-state index is 13.0.